The van der Waals surface area contributed by atoms with Gasteiger partial charge in [-0.15, -0.1) is 0 Å². The monoisotopic (exact) mass is 497 g/mol. The van der Waals surface area contributed by atoms with Gasteiger partial charge in [-0.25, -0.2) is 13.6 Å². The molecule has 0 radical (unpaired) electrons. The van der Waals surface area contributed by atoms with Crippen LogP contribution in [-0.2, 0) is 6.61 Å². The quantitative estimate of drug-likeness (QED) is 0.374. The zero-order valence-corrected chi connectivity index (χ0v) is 19.7. The van der Waals surface area contributed by atoms with Crippen molar-refractivity contribution in [1.82, 2.24) is 14.6 Å². The van der Waals surface area contributed by atoms with E-state index in [2.05, 4.69) is 19.9 Å². The normalized spacial score (nSPS) is 16.3. The number of anilines is 1. The second-order valence-electron chi connectivity index (χ2n) is 8.20. The molecule has 1 fully saturated rings. The van der Waals surface area contributed by atoms with E-state index in [1.54, 1.807) is 0 Å². The molecule has 0 aliphatic carbocycles. The Morgan fingerprint density at radius 3 is 2.85 bits per heavy atom. The molecule has 2 aromatic rings. The third-order valence-electron chi connectivity index (χ3n) is 5.52. The Balaban J connectivity index is 1.48. The number of nitrogens with one attached hydrogen (secondary N) is 2. The van der Waals surface area contributed by atoms with Crippen LogP contribution in [0.3, 0.4) is 0 Å². The molecule has 1 aliphatic heterocycles. The first kappa shape index (κ1) is 25.8. The molecule has 0 spiro atoms. The molecule has 1 aromatic heterocycles. The number of urea groups is 1. The molecule has 0 saturated carbocycles. The van der Waals surface area contributed by atoms with Gasteiger partial charge < -0.3 is 25.8 Å². The Hall–Kier alpha value is -2.83. The van der Waals surface area contributed by atoms with Crippen LogP contribution < -0.4 is 21.1 Å². The molecule has 12 heteroatoms. The van der Waals surface area contributed by atoms with E-state index >= 15 is 0 Å². The minimum atomic E-state index is -1.04. The number of piperidine rings is 1. The summed E-state index contributed by atoms with van der Waals surface area (Å²) in [5.74, 6) is -3.05. The predicted molar refractivity (Wildman–Crippen MR) is 124 cm³/mol. The lowest BCUT2D eigenvalue weighted by Crippen LogP contribution is -2.39. The number of nitrogens with two attached hydrogens (primary N) is 1. The van der Waals surface area contributed by atoms with Crippen molar-refractivity contribution in [3.05, 3.63) is 40.5 Å². The fourth-order valence-electron chi connectivity index (χ4n) is 3.66. The van der Waals surface area contributed by atoms with Crippen LogP contribution in [0.15, 0.2) is 12.1 Å². The number of carbonyl (C=O) groups excluding carboxylic acids is 2. The number of halogens is 2. The zero-order chi connectivity index (χ0) is 24.7. The Labute approximate surface area is 200 Å². The molecular formula is C22H29F2N5O4S. The highest BCUT2D eigenvalue weighted by Crippen LogP contribution is 2.31. The van der Waals surface area contributed by atoms with Gasteiger partial charge in [0.25, 0.3) is 5.91 Å². The van der Waals surface area contributed by atoms with E-state index in [1.165, 1.54) is 19.1 Å². The SMILES string of the molecule is Cc1ccc(COc2nsc(NC(=O)NCCCCN3CCCC(O)C3)c2C(N)=O)c(F)c1F. The van der Waals surface area contributed by atoms with E-state index in [0.29, 0.717) is 13.1 Å². The number of hydrogen-bond donors (Lipinski definition) is 4. The lowest BCUT2D eigenvalue weighted by Gasteiger charge is -2.29. The minimum Gasteiger partial charge on any atom is -0.471 e. The molecule has 1 aliphatic rings. The Morgan fingerprint density at radius 1 is 1.32 bits per heavy atom. The molecule has 1 saturated heterocycles. The zero-order valence-electron chi connectivity index (χ0n) is 18.9. The van der Waals surface area contributed by atoms with Gasteiger partial charge in [0, 0.05) is 18.7 Å². The van der Waals surface area contributed by atoms with Gasteiger partial charge in [-0.3, -0.25) is 10.1 Å². The van der Waals surface area contributed by atoms with Crippen molar-refractivity contribution >= 4 is 28.5 Å². The lowest BCUT2D eigenvalue weighted by atomic mass is 10.1. The lowest BCUT2D eigenvalue weighted by molar-refractivity contribution is 0.0699. The van der Waals surface area contributed by atoms with Crippen LogP contribution in [0.2, 0.25) is 0 Å². The van der Waals surface area contributed by atoms with Crippen molar-refractivity contribution < 1.29 is 28.2 Å². The van der Waals surface area contributed by atoms with Crippen LogP contribution >= 0.6 is 11.5 Å². The van der Waals surface area contributed by atoms with Gasteiger partial charge in [0.2, 0.25) is 5.88 Å². The van der Waals surface area contributed by atoms with Gasteiger partial charge in [0.15, 0.2) is 11.6 Å². The van der Waals surface area contributed by atoms with Crippen LogP contribution in [0.5, 0.6) is 5.88 Å². The van der Waals surface area contributed by atoms with Crippen LogP contribution in [0.4, 0.5) is 18.6 Å². The van der Waals surface area contributed by atoms with Crippen molar-refractivity contribution in [2.24, 2.45) is 5.73 Å². The number of primary amides is 1. The second-order valence-corrected chi connectivity index (χ2v) is 8.97. The number of nitrogens with zero attached hydrogens (tertiary/aromatic N) is 2. The molecule has 2 heterocycles. The number of unbranched alkanes of at least 4 members (excludes halogenated alkanes) is 1. The summed E-state index contributed by atoms with van der Waals surface area (Å²) in [5.41, 5.74) is 5.40. The molecule has 0 bridgehead atoms. The number of rotatable bonds is 10. The second kappa shape index (κ2) is 12.0. The Bertz CT molecular complexity index is 1020. The molecule has 186 valence electrons. The van der Waals surface area contributed by atoms with E-state index in [-0.39, 0.29) is 40.3 Å². The standard InChI is InChI=1S/C22H29F2N5O4S/c1-13-6-7-14(18(24)17(13)23)12-33-20-16(19(25)31)21(34-28-20)27-22(32)26-8-2-3-9-29-10-4-5-15(30)11-29/h6-7,15,30H,2-5,8-12H2,1H3,(H2,25,31)(H2,26,27,32). The van der Waals surface area contributed by atoms with Gasteiger partial charge in [-0.1, -0.05) is 12.1 Å². The van der Waals surface area contributed by atoms with Gasteiger partial charge in [0.05, 0.1) is 6.10 Å². The highest BCUT2D eigenvalue weighted by atomic mass is 32.1. The first-order valence-corrected chi connectivity index (χ1v) is 11.8. The number of ether oxygens (including phenoxy) is 1. The molecule has 9 nitrogen and oxygen atoms in total. The number of aromatic nitrogens is 1. The largest absolute Gasteiger partial charge is 0.471 e. The summed E-state index contributed by atoms with van der Waals surface area (Å²) >= 11 is 0.794. The number of hydrogen-bond acceptors (Lipinski definition) is 7. The van der Waals surface area contributed by atoms with E-state index in [4.69, 9.17) is 10.5 Å². The van der Waals surface area contributed by atoms with Crippen LogP contribution in [-0.4, -0.2) is 58.6 Å². The maximum atomic E-state index is 14.1. The summed E-state index contributed by atoms with van der Waals surface area (Å²) < 4.78 is 37.2. The maximum Gasteiger partial charge on any atom is 0.319 e. The molecule has 1 aromatic carbocycles. The van der Waals surface area contributed by atoms with Gasteiger partial charge in [-0.2, -0.15) is 4.37 Å². The number of aryl methyl sites for hydroxylation is 1. The number of aliphatic hydroxyl groups excluding tert-OH is 1. The molecular weight excluding hydrogens is 468 g/mol. The van der Waals surface area contributed by atoms with E-state index < -0.39 is 23.6 Å². The van der Waals surface area contributed by atoms with Gasteiger partial charge in [-0.05, 0) is 62.8 Å². The molecule has 34 heavy (non-hydrogen) atoms. The third kappa shape index (κ3) is 6.84. The Morgan fingerprint density at radius 2 is 2.12 bits per heavy atom. The first-order valence-electron chi connectivity index (χ1n) is 11.1. The summed E-state index contributed by atoms with van der Waals surface area (Å²) in [5, 5.41) is 15.0. The number of aliphatic hydroxyl groups is 1. The molecule has 3 amide bonds. The van der Waals surface area contributed by atoms with Crippen molar-refractivity contribution in [3.63, 3.8) is 0 Å². The predicted octanol–water partition coefficient (Wildman–Crippen LogP) is 2.77. The molecule has 5 N–H and O–H groups in total. The summed E-state index contributed by atoms with van der Waals surface area (Å²) in [7, 11) is 0. The molecule has 1 atom stereocenters. The van der Waals surface area contributed by atoms with Gasteiger partial charge in [0.1, 0.15) is 17.2 Å². The Kier molecular flexibility index (Phi) is 9.13. The highest BCUT2D eigenvalue weighted by molar-refractivity contribution is 7.11. The van der Waals surface area contributed by atoms with Crippen molar-refractivity contribution in [2.45, 2.75) is 45.3 Å². The summed E-state index contributed by atoms with van der Waals surface area (Å²) in [6.07, 6.45) is 3.19. The van der Waals surface area contributed by atoms with Crippen LogP contribution in [0.1, 0.15) is 47.2 Å². The minimum absolute atomic E-state index is 0.0437. The number of amides is 3. The van der Waals surface area contributed by atoms with E-state index in [1.807, 2.05) is 0 Å². The summed E-state index contributed by atoms with van der Waals surface area (Å²) in [6, 6.07) is 2.27. The number of carbonyl (C=O) groups is 2. The number of benzene rings is 1. The number of likely N-dealkylation sites (tertiary alicyclic amines) is 1. The smallest absolute Gasteiger partial charge is 0.319 e. The topological polar surface area (TPSA) is 130 Å². The summed E-state index contributed by atoms with van der Waals surface area (Å²) in [4.78, 5) is 26.4. The third-order valence-corrected chi connectivity index (χ3v) is 6.27. The average molecular weight is 498 g/mol. The highest BCUT2D eigenvalue weighted by Gasteiger charge is 2.23. The van der Waals surface area contributed by atoms with E-state index in [9.17, 15) is 23.5 Å². The summed E-state index contributed by atoms with van der Waals surface area (Å²) in [6.45, 7) is 4.01. The fraction of sp³-hybridized carbons (Fsp3) is 0.500. The number of β-amino-alcohol motifs (C(OH)–C–C–N with tert-alkyl or cyclic N) is 1. The first-order chi connectivity index (χ1) is 16.3. The fourth-order valence-corrected chi connectivity index (χ4v) is 4.40. The molecule has 3 rings (SSSR count). The molecule has 1 unspecified atom stereocenters. The maximum absolute atomic E-state index is 14.1. The van der Waals surface area contributed by atoms with Crippen molar-refractivity contribution in [1.29, 1.82) is 0 Å². The van der Waals surface area contributed by atoms with Crippen molar-refractivity contribution in [2.75, 3.05) is 31.5 Å². The van der Waals surface area contributed by atoms with Gasteiger partial charge >= 0.3 is 6.03 Å². The van der Waals surface area contributed by atoms with Crippen molar-refractivity contribution in [3.8, 4) is 5.88 Å². The van der Waals surface area contributed by atoms with E-state index in [0.717, 1.165) is 50.3 Å². The van der Waals surface area contributed by atoms with Crippen LogP contribution in [0.25, 0.3) is 0 Å². The van der Waals surface area contributed by atoms with Crippen LogP contribution in [0, 0.1) is 18.6 Å². The average Bonchev–Trinajstić information content (AvgIpc) is 3.19.